The van der Waals surface area contributed by atoms with Gasteiger partial charge in [-0.1, -0.05) is 12.1 Å². The number of fused-ring (bicyclic) bond motifs is 1. The van der Waals surface area contributed by atoms with Gasteiger partial charge in [0.25, 0.3) is 0 Å². The van der Waals surface area contributed by atoms with E-state index < -0.39 is 0 Å². The molecule has 1 fully saturated rings. The van der Waals surface area contributed by atoms with Crippen molar-refractivity contribution in [1.82, 2.24) is 10.2 Å². The highest BCUT2D eigenvalue weighted by Gasteiger charge is 2.29. The predicted octanol–water partition coefficient (Wildman–Crippen LogP) is 2.74. The van der Waals surface area contributed by atoms with Crippen LogP contribution in [0, 0.1) is 11.7 Å². The Hall–Kier alpha value is -0.930. The number of halogens is 1. The van der Waals surface area contributed by atoms with Gasteiger partial charge in [-0.05, 0) is 68.9 Å². The first-order chi connectivity index (χ1) is 9.25. The minimum atomic E-state index is -0.0206. The fourth-order valence-electron chi connectivity index (χ4n) is 3.66. The highest BCUT2D eigenvalue weighted by molar-refractivity contribution is 5.35. The standard InChI is InChI=1S/C16H23FN2/c1-19(11-12-4-3-9-18-10-12)16-8-7-13-14(16)5-2-6-15(13)17/h2,5-6,12,16,18H,3-4,7-11H2,1H3. The van der Waals surface area contributed by atoms with Gasteiger partial charge in [0.05, 0.1) is 0 Å². The molecule has 19 heavy (non-hydrogen) atoms. The van der Waals surface area contributed by atoms with Crippen LogP contribution in [0.15, 0.2) is 18.2 Å². The maximum absolute atomic E-state index is 13.8. The first-order valence-corrected chi connectivity index (χ1v) is 7.44. The lowest BCUT2D eigenvalue weighted by atomic mass is 9.98. The normalized spacial score (nSPS) is 26.7. The van der Waals surface area contributed by atoms with Crippen molar-refractivity contribution in [2.75, 3.05) is 26.7 Å². The molecule has 2 atom stereocenters. The Kier molecular flexibility index (Phi) is 3.85. The van der Waals surface area contributed by atoms with E-state index in [1.807, 2.05) is 6.07 Å². The van der Waals surface area contributed by atoms with E-state index in [2.05, 4.69) is 23.3 Å². The lowest BCUT2D eigenvalue weighted by Crippen LogP contribution is -2.37. The quantitative estimate of drug-likeness (QED) is 0.901. The van der Waals surface area contributed by atoms with Gasteiger partial charge >= 0.3 is 0 Å². The predicted molar refractivity (Wildman–Crippen MR) is 75.7 cm³/mol. The van der Waals surface area contributed by atoms with E-state index in [0.29, 0.717) is 6.04 Å². The Bertz CT molecular complexity index is 440. The van der Waals surface area contributed by atoms with Gasteiger partial charge in [-0.25, -0.2) is 4.39 Å². The van der Waals surface area contributed by atoms with E-state index in [4.69, 9.17) is 0 Å². The Morgan fingerprint density at radius 2 is 2.26 bits per heavy atom. The minimum Gasteiger partial charge on any atom is -0.316 e. The summed E-state index contributed by atoms with van der Waals surface area (Å²) in [6.45, 7) is 3.42. The van der Waals surface area contributed by atoms with Crippen LogP contribution in [0.1, 0.15) is 36.4 Å². The van der Waals surface area contributed by atoms with Crippen LogP contribution in [-0.2, 0) is 6.42 Å². The number of nitrogens with zero attached hydrogens (tertiary/aromatic N) is 1. The van der Waals surface area contributed by atoms with Crippen molar-refractivity contribution in [3.05, 3.63) is 35.1 Å². The molecule has 1 aromatic carbocycles. The van der Waals surface area contributed by atoms with Crippen molar-refractivity contribution < 1.29 is 4.39 Å². The van der Waals surface area contributed by atoms with Crippen LogP contribution in [0.4, 0.5) is 4.39 Å². The summed E-state index contributed by atoms with van der Waals surface area (Å²) >= 11 is 0. The molecule has 0 aromatic heterocycles. The maximum atomic E-state index is 13.8. The molecule has 1 heterocycles. The lowest BCUT2D eigenvalue weighted by Gasteiger charge is -2.31. The topological polar surface area (TPSA) is 15.3 Å². The molecule has 3 heteroatoms. The van der Waals surface area contributed by atoms with Crippen LogP contribution in [-0.4, -0.2) is 31.6 Å². The third kappa shape index (κ3) is 2.67. The lowest BCUT2D eigenvalue weighted by molar-refractivity contribution is 0.188. The van der Waals surface area contributed by atoms with Gasteiger partial charge in [0.1, 0.15) is 5.82 Å². The molecule has 1 N–H and O–H groups in total. The van der Waals surface area contributed by atoms with E-state index in [1.54, 1.807) is 6.07 Å². The SMILES string of the molecule is CN(CC1CCCNC1)C1CCc2c(F)cccc21. The average molecular weight is 262 g/mol. The molecule has 2 aliphatic rings. The van der Waals surface area contributed by atoms with E-state index >= 15 is 0 Å². The maximum Gasteiger partial charge on any atom is 0.126 e. The number of hydrogen-bond acceptors (Lipinski definition) is 2. The Morgan fingerprint density at radius 1 is 1.37 bits per heavy atom. The number of rotatable bonds is 3. The highest BCUT2D eigenvalue weighted by Crippen LogP contribution is 2.36. The van der Waals surface area contributed by atoms with Crippen molar-refractivity contribution in [2.24, 2.45) is 5.92 Å². The Balaban J connectivity index is 1.69. The second-order valence-corrected chi connectivity index (χ2v) is 6.01. The first-order valence-electron chi connectivity index (χ1n) is 7.44. The number of piperidine rings is 1. The summed E-state index contributed by atoms with van der Waals surface area (Å²) in [7, 11) is 2.19. The molecule has 0 saturated carbocycles. The second kappa shape index (κ2) is 5.59. The summed E-state index contributed by atoms with van der Waals surface area (Å²) < 4.78 is 13.8. The third-order valence-corrected chi connectivity index (χ3v) is 4.66. The molecular formula is C16H23FN2. The zero-order valence-electron chi connectivity index (χ0n) is 11.7. The number of hydrogen-bond donors (Lipinski definition) is 1. The van der Waals surface area contributed by atoms with Crippen LogP contribution in [0.3, 0.4) is 0 Å². The van der Waals surface area contributed by atoms with Crippen LogP contribution in [0.25, 0.3) is 0 Å². The molecule has 2 nitrogen and oxygen atoms in total. The van der Waals surface area contributed by atoms with Gasteiger partial charge in [0.15, 0.2) is 0 Å². The van der Waals surface area contributed by atoms with Gasteiger partial charge in [0, 0.05) is 12.6 Å². The molecule has 0 amide bonds. The van der Waals surface area contributed by atoms with Crippen molar-refractivity contribution in [1.29, 1.82) is 0 Å². The van der Waals surface area contributed by atoms with Crippen LogP contribution in [0.2, 0.25) is 0 Å². The van der Waals surface area contributed by atoms with Crippen LogP contribution < -0.4 is 5.32 Å². The van der Waals surface area contributed by atoms with Crippen molar-refractivity contribution in [3.8, 4) is 0 Å². The summed E-state index contributed by atoms with van der Waals surface area (Å²) in [6, 6.07) is 5.95. The van der Waals surface area contributed by atoms with Gasteiger partial charge < -0.3 is 5.32 Å². The average Bonchev–Trinajstić information content (AvgIpc) is 2.85. The second-order valence-electron chi connectivity index (χ2n) is 6.01. The van der Waals surface area contributed by atoms with Gasteiger partial charge in [0.2, 0.25) is 0 Å². The molecule has 1 aromatic rings. The van der Waals surface area contributed by atoms with E-state index in [1.165, 1.54) is 18.4 Å². The molecule has 0 spiro atoms. The van der Waals surface area contributed by atoms with Crippen LogP contribution in [0.5, 0.6) is 0 Å². The third-order valence-electron chi connectivity index (χ3n) is 4.66. The van der Waals surface area contributed by atoms with E-state index in [-0.39, 0.29) is 5.82 Å². The Morgan fingerprint density at radius 3 is 3.05 bits per heavy atom. The summed E-state index contributed by atoms with van der Waals surface area (Å²) in [5.74, 6) is 0.726. The summed E-state index contributed by atoms with van der Waals surface area (Å²) in [4.78, 5) is 2.43. The largest absolute Gasteiger partial charge is 0.316 e. The summed E-state index contributed by atoms with van der Waals surface area (Å²) in [5, 5.41) is 3.47. The smallest absolute Gasteiger partial charge is 0.126 e. The van der Waals surface area contributed by atoms with Crippen molar-refractivity contribution in [3.63, 3.8) is 0 Å². The zero-order chi connectivity index (χ0) is 13.2. The summed E-state index contributed by atoms with van der Waals surface area (Å²) in [6.07, 6.45) is 4.56. The molecule has 104 valence electrons. The number of benzene rings is 1. The molecule has 2 unspecified atom stereocenters. The molecule has 1 aliphatic heterocycles. The molecule has 0 bridgehead atoms. The molecular weight excluding hydrogens is 239 g/mol. The van der Waals surface area contributed by atoms with Crippen molar-refractivity contribution >= 4 is 0 Å². The van der Waals surface area contributed by atoms with Crippen molar-refractivity contribution in [2.45, 2.75) is 31.7 Å². The summed E-state index contributed by atoms with van der Waals surface area (Å²) in [5.41, 5.74) is 2.16. The first kappa shape index (κ1) is 13.1. The van der Waals surface area contributed by atoms with E-state index in [0.717, 1.165) is 44.0 Å². The fourth-order valence-corrected chi connectivity index (χ4v) is 3.66. The van der Waals surface area contributed by atoms with E-state index in [9.17, 15) is 4.39 Å². The molecule has 3 rings (SSSR count). The number of nitrogens with one attached hydrogen (secondary N) is 1. The minimum absolute atomic E-state index is 0.0206. The van der Waals surface area contributed by atoms with Gasteiger partial charge in [-0.15, -0.1) is 0 Å². The molecule has 1 saturated heterocycles. The molecule has 1 aliphatic carbocycles. The van der Waals surface area contributed by atoms with Crippen LogP contribution >= 0.6 is 0 Å². The zero-order valence-corrected chi connectivity index (χ0v) is 11.7. The van der Waals surface area contributed by atoms with Gasteiger partial charge in [-0.3, -0.25) is 4.90 Å². The fraction of sp³-hybridized carbons (Fsp3) is 0.625. The monoisotopic (exact) mass is 262 g/mol. The van der Waals surface area contributed by atoms with Gasteiger partial charge in [-0.2, -0.15) is 0 Å². The molecule has 0 radical (unpaired) electrons. The Labute approximate surface area is 115 Å². The highest BCUT2D eigenvalue weighted by atomic mass is 19.1.